The molecule has 4 bridgehead atoms. The minimum Gasteiger partial charge on any atom is -0.481 e. The van der Waals surface area contributed by atoms with Gasteiger partial charge in [-0.25, -0.2) is 0 Å². The lowest BCUT2D eigenvalue weighted by Crippen LogP contribution is -2.50. The molecule has 0 aromatic rings. The number of carboxylic acids is 1. The number of carbonyl (C=O) groups is 1. The van der Waals surface area contributed by atoms with Crippen LogP contribution in [0.3, 0.4) is 0 Å². The smallest absolute Gasteiger partial charge is 0.303 e. The van der Waals surface area contributed by atoms with Crippen molar-refractivity contribution in [1.29, 1.82) is 5.26 Å². The summed E-state index contributed by atoms with van der Waals surface area (Å²) in [6.07, 6.45) is 7.24. The first-order chi connectivity index (χ1) is 9.01. The number of nitrogens with zero attached hydrogens (tertiary/aromatic N) is 1. The van der Waals surface area contributed by atoms with Crippen molar-refractivity contribution in [2.75, 3.05) is 0 Å². The summed E-state index contributed by atoms with van der Waals surface area (Å²) in [4.78, 5) is 10.8. The molecule has 0 radical (unpaired) electrons. The summed E-state index contributed by atoms with van der Waals surface area (Å²) < 4.78 is 0. The third-order valence-corrected chi connectivity index (χ3v) is 6.08. The van der Waals surface area contributed by atoms with Crippen molar-refractivity contribution < 1.29 is 9.90 Å². The number of nitriles is 1. The number of hydrogen-bond donors (Lipinski definition) is 1. The molecular formula is C16H23NO2. The van der Waals surface area contributed by atoms with Gasteiger partial charge >= 0.3 is 5.97 Å². The van der Waals surface area contributed by atoms with Crippen molar-refractivity contribution in [3.05, 3.63) is 0 Å². The molecule has 1 atom stereocenters. The molecule has 0 heterocycles. The maximum absolute atomic E-state index is 10.8. The van der Waals surface area contributed by atoms with Crippen molar-refractivity contribution in [2.24, 2.45) is 35.0 Å². The van der Waals surface area contributed by atoms with E-state index in [1.54, 1.807) is 0 Å². The van der Waals surface area contributed by atoms with E-state index in [4.69, 9.17) is 5.11 Å². The summed E-state index contributed by atoms with van der Waals surface area (Å²) in [6.45, 7) is 2.02. The summed E-state index contributed by atoms with van der Waals surface area (Å²) in [5.74, 6) is 2.86. The van der Waals surface area contributed by atoms with E-state index in [1.165, 1.54) is 32.1 Å². The second kappa shape index (κ2) is 4.51. The Morgan fingerprint density at radius 2 is 1.74 bits per heavy atom. The molecule has 3 nitrogen and oxygen atoms in total. The van der Waals surface area contributed by atoms with Crippen molar-refractivity contribution in [2.45, 2.75) is 51.9 Å². The van der Waals surface area contributed by atoms with Gasteiger partial charge in [-0.3, -0.25) is 4.79 Å². The van der Waals surface area contributed by atoms with Crippen LogP contribution in [0.4, 0.5) is 0 Å². The Bertz CT molecular complexity index is 397. The largest absolute Gasteiger partial charge is 0.481 e. The van der Waals surface area contributed by atoms with E-state index in [-0.39, 0.29) is 6.42 Å². The predicted molar refractivity (Wildman–Crippen MR) is 71.1 cm³/mol. The molecule has 0 saturated heterocycles. The highest BCUT2D eigenvalue weighted by molar-refractivity contribution is 5.66. The van der Waals surface area contributed by atoms with E-state index < -0.39 is 11.4 Å². The van der Waals surface area contributed by atoms with Crippen LogP contribution in [0.25, 0.3) is 0 Å². The molecular weight excluding hydrogens is 238 g/mol. The van der Waals surface area contributed by atoms with Crippen LogP contribution in [0, 0.1) is 46.3 Å². The number of aliphatic carboxylic acids is 1. The van der Waals surface area contributed by atoms with Crippen molar-refractivity contribution in [3.63, 3.8) is 0 Å². The zero-order chi connectivity index (χ0) is 13.6. The fourth-order valence-corrected chi connectivity index (χ4v) is 5.63. The normalized spacial score (nSPS) is 42.6. The van der Waals surface area contributed by atoms with Gasteiger partial charge in [-0.15, -0.1) is 0 Å². The first-order valence-corrected chi connectivity index (χ1v) is 7.65. The molecule has 1 N–H and O–H groups in total. The molecule has 3 heteroatoms. The number of rotatable bonds is 4. The van der Waals surface area contributed by atoms with Gasteiger partial charge in [0.2, 0.25) is 0 Å². The Hall–Kier alpha value is -1.04. The molecule has 4 aliphatic rings. The highest BCUT2D eigenvalue weighted by Gasteiger charge is 2.54. The minimum atomic E-state index is -0.773. The van der Waals surface area contributed by atoms with Crippen LogP contribution in [0.1, 0.15) is 51.9 Å². The molecule has 0 aromatic carbocycles. The fourth-order valence-electron chi connectivity index (χ4n) is 5.63. The van der Waals surface area contributed by atoms with Gasteiger partial charge in [0.25, 0.3) is 0 Å². The SMILES string of the molecule is CC(C#N)(CCC(=O)O)C1C2CC3CC(C2)CC1C3. The van der Waals surface area contributed by atoms with Gasteiger partial charge in [0.1, 0.15) is 0 Å². The van der Waals surface area contributed by atoms with Crippen molar-refractivity contribution >= 4 is 5.97 Å². The van der Waals surface area contributed by atoms with Crippen LogP contribution < -0.4 is 0 Å². The maximum atomic E-state index is 10.8. The Labute approximate surface area is 115 Å². The Balaban J connectivity index is 1.80. The fraction of sp³-hybridized carbons (Fsp3) is 0.875. The monoisotopic (exact) mass is 261 g/mol. The van der Waals surface area contributed by atoms with Crippen molar-refractivity contribution in [3.8, 4) is 6.07 Å². The molecule has 4 fully saturated rings. The molecule has 19 heavy (non-hydrogen) atoms. The zero-order valence-corrected chi connectivity index (χ0v) is 11.6. The second-order valence-corrected chi connectivity index (χ2v) is 7.38. The molecule has 104 valence electrons. The number of hydrogen-bond acceptors (Lipinski definition) is 2. The second-order valence-electron chi connectivity index (χ2n) is 7.38. The topological polar surface area (TPSA) is 61.1 Å². The average Bonchev–Trinajstić information content (AvgIpc) is 2.35. The van der Waals surface area contributed by atoms with E-state index in [0.29, 0.717) is 24.2 Å². The summed E-state index contributed by atoms with van der Waals surface area (Å²) >= 11 is 0. The van der Waals surface area contributed by atoms with Gasteiger partial charge in [0, 0.05) is 6.42 Å². The zero-order valence-electron chi connectivity index (χ0n) is 11.6. The van der Waals surface area contributed by atoms with Gasteiger partial charge < -0.3 is 5.11 Å². The molecule has 1 unspecified atom stereocenters. The molecule has 0 spiro atoms. The van der Waals surface area contributed by atoms with Crippen molar-refractivity contribution in [1.82, 2.24) is 0 Å². The Kier molecular flexibility index (Phi) is 3.08. The predicted octanol–water partition coefficient (Wildman–Crippen LogP) is 3.45. The minimum absolute atomic E-state index is 0.132. The van der Waals surface area contributed by atoms with E-state index >= 15 is 0 Å². The lowest BCUT2D eigenvalue weighted by Gasteiger charge is -2.58. The van der Waals surface area contributed by atoms with Crippen LogP contribution in [0.2, 0.25) is 0 Å². The molecule has 0 aromatic heterocycles. The third kappa shape index (κ3) is 2.16. The third-order valence-electron chi connectivity index (χ3n) is 6.08. The molecule has 0 amide bonds. The van der Waals surface area contributed by atoms with Gasteiger partial charge in [-0.05, 0) is 75.0 Å². The summed E-state index contributed by atoms with van der Waals surface area (Å²) in [7, 11) is 0. The molecule has 4 aliphatic carbocycles. The quantitative estimate of drug-likeness (QED) is 0.843. The van der Waals surface area contributed by atoms with Crippen LogP contribution >= 0.6 is 0 Å². The van der Waals surface area contributed by atoms with Crippen LogP contribution in [0.5, 0.6) is 0 Å². The lowest BCUT2D eigenvalue weighted by molar-refractivity contribution is -0.138. The average molecular weight is 261 g/mol. The van der Waals surface area contributed by atoms with Gasteiger partial charge in [-0.2, -0.15) is 5.26 Å². The number of carboxylic acid groups (broad SMARTS) is 1. The molecule has 4 saturated carbocycles. The van der Waals surface area contributed by atoms with E-state index in [9.17, 15) is 10.1 Å². The lowest BCUT2D eigenvalue weighted by atomic mass is 9.46. The van der Waals surface area contributed by atoms with Gasteiger partial charge in [0.05, 0.1) is 11.5 Å². The first kappa shape index (κ1) is 13.0. The van der Waals surface area contributed by atoms with Crippen LogP contribution in [-0.4, -0.2) is 11.1 Å². The Morgan fingerprint density at radius 3 is 2.16 bits per heavy atom. The van der Waals surface area contributed by atoms with Crippen LogP contribution in [-0.2, 0) is 4.79 Å². The molecule has 0 aliphatic heterocycles. The highest BCUT2D eigenvalue weighted by atomic mass is 16.4. The summed E-state index contributed by atoms with van der Waals surface area (Å²) in [5, 5.41) is 18.6. The van der Waals surface area contributed by atoms with E-state index in [1.807, 2.05) is 6.92 Å². The standard InChI is InChI=1S/C16H23NO2/c1-16(9-17,3-2-14(18)19)15-12-5-10-4-11(7-12)8-13(15)6-10/h10-13,15H,2-8H2,1H3,(H,18,19). The Morgan fingerprint density at radius 1 is 1.21 bits per heavy atom. The summed E-state index contributed by atoms with van der Waals surface area (Å²) in [5.41, 5.74) is -0.430. The maximum Gasteiger partial charge on any atom is 0.303 e. The van der Waals surface area contributed by atoms with E-state index in [2.05, 4.69) is 6.07 Å². The van der Waals surface area contributed by atoms with Gasteiger partial charge in [-0.1, -0.05) is 0 Å². The molecule has 4 rings (SSSR count). The summed E-state index contributed by atoms with van der Waals surface area (Å²) in [6, 6.07) is 2.50. The first-order valence-electron chi connectivity index (χ1n) is 7.65. The highest BCUT2D eigenvalue weighted by Crippen LogP contribution is 2.61. The van der Waals surface area contributed by atoms with Crippen LogP contribution in [0.15, 0.2) is 0 Å². The van der Waals surface area contributed by atoms with Gasteiger partial charge in [0.15, 0.2) is 0 Å². The van der Waals surface area contributed by atoms with E-state index in [0.717, 1.165) is 11.8 Å².